The van der Waals surface area contributed by atoms with E-state index in [1.165, 1.54) is 0 Å². The summed E-state index contributed by atoms with van der Waals surface area (Å²) in [5.41, 5.74) is 0.468. The molecule has 0 saturated carbocycles. The van der Waals surface area contributed by atoms with Crippen molar-refractivity contribution in [3.05, 3.63) is 27.5 Å². The molecule has 18 heavy (non-hydrogen) atoms. The van der Waals surface area contributed by atoms with Crippen molar-refractivity contribution < 1.29 is 4.79 Å². The lowest BCUT2D eigenvalue weighted by Gasteiger charge is -2.21. The van der Waals surface area contributed by atoms with Crippen molar-refractivity contribution in [3.8, 4) is 0 Å². The molecule has 0 aromatic carbocycles. The minimum atomic E-state index is -0.0379. The van der Waals surface area contributed by atoms with Crippen LogP contribution in [0.3, 0.4) is 0 Å². The summed E-state index contributed by atoms with van der Waals surface area (Å²) in [7, 11) is 2.07. The number of nitrogens with zero attached hydrogens (tertiary/aromatic N) is 3. The molecular weight excluding hydrogens is 318 g/mol. The fraction of sp³-hybridized carbons (Fsp3) is 0.500. The Hall–Kier alpha value is -0.650. The molecule has 1 aliphatic rings. The number of carbonyl (C=O) groups excluding carboxylic acids is 1. The van der Waals surface area contributed by atoms with E-state index in [1.54, 1.807) is 12.3 Å². The second kappa shape index (κ2) is 5.99. The Morgan fingerprint density at radius 3 is 2.94 bits per heavy atom. The standard InChI is InChI=1S/C12H15BrClN3O/c1-16-3-2-4-17(6-5-16)12(18)10-7-9(13)8-15-11(10)14/h7-8H,2-6H2,1H3. The summed E-state index contributed by atoms with van der Waals surface area (Å²) in [4.78, 5) is 20.5. The van der Waals surface area contributed by atoms with Crippen LogP contribution in [-0.4, -0.2) is 53.9 Å². The van der Waals surface area contributed by atoms with Crippen LogP contribution in [0.5, 0.6) is 0 Å². The second-order valence-corrected chi connectivity index (χ2v) is 5.71. The van der Waals surface area contributed by atoms with Gasteiger partial charge in [0, 0.05) is 30.3 Å². The van der Waals surface area contributed by atoms with Gasteiger partial charge in [0.25, 0.3) is 5.91 Å². The van der Waals surface area contributed by atoms with Crippen molar-refractivity contribution >= 4 is 33.4 Å². The molecule has 0 unspecified atom stereocenters. The van der Waals surface area contributed by atoms with Crippen LogP contribution >= 0.6 is 27.5 Å². The van der Waals surface area contributed by atoms with Gasteiger partial charge in [-0.15, -0.1) is 0 Å². The van der Waals surface area contributed by atoms with Gasteiger partial charge < -0.3 is 9.80 Å². The van der Waals surface area contributed by atoms with Crippen LogP contribution in [0.15, 0.2) is 16.7 Å². The first-order valence-corrected chi connectivity index (χ1v) is 7.04. The Morgan fingerprint density at radius 2 is 2.17 bits per heavy atom. The summed E-state index contributed by atoms with van der Waals surface area (Å²) in [6.45, 7) is 3.42. The topological polar surface area (TPSA) is 36.4 Å². The Labute approximate surface area is 120 Å². The van der Waals surface area contributed by atoms with Gasteiger partial charge in [-0.25, -0.2) is 4.98 Å². The molecule has 0 aliphatic carbocycles. The minimum absolute atomic E-state index is 0.0379. The quantitative estimate of drug-likeness (QED) is 0.740. The van der Waals surface area contributed by atoms with Gasteiger partial charge in [-0.2, -0.15) is 0 Å². The number of likely N-dealkylation sites (N-methyl/N-ethyl adjacent to an activating group) is 1. The molecule has 1 amide bonds. The van der Waals surface area contributed by atoms with Crippen LogP contribution < -0.4 is 0 Å². The van der Waals surface area contributed by atoms with Gasteiger partial charge >= 0.3 is 0 Å². The van der Waals surface area contributed by atoms with E-state index in [4.69, 9.17) is 11.6 Å². The van der Waals surface area contributed by atoms with E-state index >= 15 is 0 Å². The molecule has 0 spiro atoms. The van der Waals surface area contributed by atoms with Crippen LogP contribution in [0.1, 0.15) is 16.8 Å². The highest BCUT2D eigenvalue weighted by atomic mass is 79.9. The molecule has 0 radical (unpaired) electrons. The van der Waals surface area contributed by atoms with Crippen molar-refractivity contribution in [2.75, 3.05) is 33.2 Å². The number of halogens is 2. The fourth-order valence-corrected chi connectivity index (χ4v) is 2.51. The molecule has 0 atom stereocenters. The van der Waals surface area contributed by atoms with Gasteiger partial charge in [0.15, 0.2) is 0 Å². The third-order valence-corrected chi connectivity index (χ3v) is 3.78. The van der Waals surface area contributed by atoms with E-state index in [1.807, 2.05) is 4.90 Å². The molecular formula is C12H15BrClN3O. The van der Waals surface area contributed by atoms with E-state index in [9.17, 15) is 4.79 Å². The van der Waals surface area contributed by atoms with Crippen LogP contribution in [0.4, 0.5) is 0 Å². The largest absolute Gasteiger partial charge is 0.337 e. The van der Waals surface area contributed by atoms with Gasteiger partial charge in [0.05, 0.1) is 5.56 Å². The highest BCUT2D eigenvalue weighted by Crippen LogP contribution is 2.20. The number of carbonyl (C=O) groups is 1. The van der Waals surface area contributed by atoms with Crippen molar-refractivity contribution in [2.24, 2.45) is 0 Å². The average Bonchev–Trinajstić information content (AvgIpc) is 2.56. The third kappa shape index (κ3) is 3.22. The lowest BCUT2D eigenvalue weighted by molar-refractivity contribution is 0.0762. The Bertz CT molecular complexity index is 455. The first-order valence-electron chi connectivity index (χ1n) is 5.87. The van der Waals surface area contributed by atoms with Gasteiger partial charge in [-0.05, 0) is 42.0 Å². The molecule has 4 nitrogen and oxygen atoms in total. The summed E-state index contributed by atoms with van der Waals surface area (Å²) in [5.74, 6) is -0.0379. The number of amides is 1. The highest BCUT2D eigenvalue weighted by Gasteiger charge is 2.21. The maximum absolute atomic E-state index is 12.4. The SMILES string of the molecule is CN1CCCN(C(=O)c2cc(Br)cnc2Cl)CC1. The molecule has 6 heteroatoms. The maximum Gasteiger partial charge on any atom is 0.257 e. The molecule has 2 rings (SSSR count). The Balaban J connectivity index is 2.17. The van der Waals surface area contributed by atoms with Gasteiger partial charge in [-0.1, -0.05) is 11.6 Å². The first-order chi connectivity index (χ1) is 8.58. The van der Waals surface area contributed by atoms with Gasteiger partial charge in [0.1, 0.15) is 5.15 Å². The Morgan fingerprint density at radius 1 is 1.39 bits per heavy atom. The van der Waals surface area contributed by atoms with E-state index < -0.39 is 0 Å². The zero-order valence-electron chi connectivity index (χ0n) is 10.2. The third-order valence-electron chi connectivity index (χ3n) is 3.04. The number of pyridine rings is 1. The van der Waals surface area contributed by atoms with Crippen LogP contribution in [0, 0.1) is 0 Å². The van der Waals surface area contributed by atoms with Gasteiger partial charge in [-0.3, -0.25) is 4.79 Å². The highest BCUT2D eigenvalue weighted by molar-refractivity contribution is 9.10. The molecule has 0 bridgehead atoms. The summed E-state index contributed by atoms with van der Waals surface area (Å²) in [6, 6.07) is 1.73. The number of rotatable bonds is 1. The smallest absolute Gasteiger partial charge is 0.257 e. The molecule has 1 fully saturated rings. The summed E-state index contributed by atoms with van der Waals surface area (Å²) >= 11 is 9.30. The summed E-state index contributed by atoms with van der Waals surface area (Å²) < 4.78 is 0.766. The molecule has 1 saturated heterocycles. The zero-order valence-corrected chi connectivity index (χ0v) is 12.5. The molecule has 1 aromatic heterocycles. The normalized spacial score (nSPS) is 17.6. The molecule has 2 heterocycles. The van der Waals surface area contributed by atoms with E-state index in [0.717, 1.165) is 37.1 Å². The lowest BCUT2D eigenvalue weighted by Crippen LogP contribution is -2.34. The Kier molecular flexibility index (Phi) is 4.59. The average molecular weight is 333 g/mol. The predicted molar refractivity (Wildman–Crippen MR) is 75.0 cm³/mol. The van der Waals surface area contributed by atoms with Crippen molar-refractivity contribution in [3.63, 3.8) is 0 Å². The minimum Gasteiger partial charge on any atom is -0.337 e. The second-order valence-electron chi connectivity index (χ2n) is 4.44. The van der Waals surface area contributed by atoms with E-state index in [2.05, 4.69) is 32.9 Å². The van der Waals surface area contributed by atoms with Crippen molar-refractivity contribution in [1.29, 1.82) is 0 Å². The number of hydrogen-bond acceptors (Lipinski definition) is 3. The van der Waals surface area contributed by atoms with Crippen LogP contribution in [0.2, 0.25) is 5.15 Å². The molecule has 98 valence electrons. The maximum atomic E-state index is 12.4. The molecule has 1 aliphatic heterocycles. The monoisotopic (exact) mass is 331 g/mol. The summed E-state index contributed by atoms with van der Waals surface area (Å²) in [6.07, 6.45) is 2.58. The van der Waals surface area contributed by atoms with E-state index in [-0.39, 0.29) is 11.1 Å². The zero-order chi connectivity index (χ0) is 13.1. The van der Waals surface area contributed by atoms with Crippen molar-refractivity contribution in [1.82, 2.24) is 14.8 Å². The molecule has 0 N–H and O–H groups in total. The van der Waals surface area contributed by atoms with Gasteiger partial charge in [0.2, 0.25) is 0 Å². The number of hydrogen-bond donors (Lipinski definition) is 0. The van der Waals surface area contributed by atoms with Crippen LogP contribution in [0.25, 0.3) is 0 Å². The van der Waals surface area contributed by atoms with Crippen LogP contribution in [-0.2, 0) is 0 Å². The van der Waals surface area contributed by atoms with E-state index in [0.29, 0.717) is 5.56 Å². The first kappa shape index (κ1) is 13.8. The van der Waals surface area contributed by atoms with Crippen molar-refractivity contribution in [2.45, 2.75) is 6.42 Å². The summed E-state index contributed by atoms with van der Waals surface area (Å²) in [5, 5.41) is 0.265. The molecule has 1 aromatic rings. The predicted octanol–water partition coefficient (Wildman–Crippen LogP) is 2.28. The fourth-order valence-electron chi connectivity index (χ4n) is 1.99. The lowest BCUT2D eigenvalue weighted by atomic mass is 10.2. The number of aromatic nitrogens is 1.